The second-order valence-electron chi connectivity index (χ2n) is 7.06. The molecule has 0 aliphatic carbocycles. The third-order valence-corrected chi connectivity index (χ3v) is 4.66. The second kappa shape index (κ2) is 21.7. The molecule has 0 aliphatic rings. The molecule has 136 valence electrons. The van der Waals surface area contributed by atoms with Gasteiger partial charge in [-0.3, -0.25) is 0 Å². The average molecular weight is 321 g/mol. The van der Waals surface area contributed by atoms with E-state index in [4.69, 9.17) is 0 Å². The zero-order chi connectivity index (χ0) is 16.8. The Kier molecular flexibility index (Phi) is 21.5. The lowest BCUT2D eigenvalue weighted by Gasteiger charge is -2.03. The highest BCUT2D eigenvalue weighted by molar-refractivity contribution is 4.81. The maximum atomic E-state index is 3.90. The first-order valence-corrected chi connectivity index (χ1v) is 10.6. The van der Waals surface area contributed by atoms with E-state index in [2.05, 4.69) is 26.0 Å². The van der Waals surface area contributed by atoms with Crippen LogP contribution in [0.5, 0.6) is 0 Å². The van der Waals surface area contributed by atoms with E-state index in [9.17, 15) is 0 Å². The molecule has 0 rings (SSSR count). The predicted molar refractivity (Wildman–Crippen MR) is 108 cm³/mol. The molecule has 2 radical (unpaired) electrons. The molecule has 0 aromatic rings. The number of hydrogen-bond acceptors (Lipinski definition) is 0. The quantitative estimate of drug-likeness (QED) is 0.165. The molecule has 0 saturated heterocycles. The molecule has 0 spiro atoms. The highest BCUT2D eigenvalue weighted by Crippen LogP contribution is 2.14. The van der Waals surface area contributed by atoms with E-state index < -0.39 is 0 Å². The van der Waals surface area contributed by atoms with Crippen LogP contribution < -0.4 is 0 Å². The topological polar surface area (TPSA) is 0 Å². The fourth-order valence-corrected chi connectivity index (χ4v) is 3.09. The molecule has 0 heterocycles. The lowest BCUT2D eigenvalue weighted by atomic mass is 10.0. The van der Waals surface area contributed by atoms with Gasteiger partial charge in [-0.15, -0.1) is 0 Å². The first kappa shape index (κ1) is 22.7. The third kappa shape index (κ3) is 21.7. The Bertz CT molecular complexity index is 216. The van der Waals surface area contributed by atoms with E-state index in [0.717, 1.165) is 19.3 Å². The fourth-order valence-electron chi connectivity index (χ4n) is 3.09. The van der Waals surface area contributed by atoms with Crippen LogP contribution in [-0.2, 0) is 0 Å². The normalized spacial score (nSPS) is 11.6. The van der Waals surface area contributed by atoms with Crippen LogP contribution in [0.25, 0.3) is 0 Å². The molecular formula is C23H44. The average Bonchev–Trinajstić information content (AvgIpc) is 2.57. The number of allylic oxidation sites excluding steroid dienone is 2. The third-order valence-electron chi connectivity index (χ3n) is 4.66. The van der Waals surface area contributed by atoms with Gasteiger partial charge in [0.2, 0.25) is 0 Å². The van der Waals surface area contributed by atoms with Crippen molar-refractivity contribution < 1.29 is 0 Å². The van der Waals surface area contributed by atoms with Crippen LogP contribution in [0.1, 0.15) is 122 Å². The van der Waals surface area contributed by atoms with E-state index in [0.29, 0.717) is 0 Å². The monoisotopic (exact) mass is 320 g/mol. The second-order valence-corrected chi connectivity index (χ2v) is 7.06. The van der Waals surface area contributed by atoms with E-state index in [-0.39, 0.29) is 0 Å². The van der Waals surface area contributed by atoms with Crippen LogP contribution in [0, 0.1) is 13.8 Å². The summed E-state index contributed by atoms with van der Waals surface area (Å²) in [6.45, 7) is 7.75. The van der Waals surface area contributed by atoms with Gasteiger partial charge in [-0.05, 0) is 25.7 Å². The highest BCUT2D eigenvalue weighted by Gasteiger charge is 1.94. The number of rotatable bonds is 19. The Morgan fingerprint density at radius 1 is 0.348 bits per heavy atom. The molecule has 0 aromatic carbocycles. The Hall–Kier alpha value is -0.260. The minimum Gasteiger partial charge on any atom is -0.0885 e. The predicted octanol–water partition coefficient (Wildman–Crippen LogP) is 8.62. The number of hydrogen-bond donors (Lipinski definition) is 0. The zero-order valence-corrected chi connectivity index (χ0v) is 16.0. The molecule has 0 unspecified atom stereocenters. The maximum Gasteiger partial charge on any atom is -0.0351 e. The summed E-state index contributed by atoms with van der Waals surface area (Å²) in [5.41, 5.74) is 0. The summed E-state index contributed by atoms with van der Waals surface area (Å²) in [5, 5.41) is 0. The summed E-state index contributed by atoms with van der Waals surface area (Å²) in [6.07, 6.45) is 30.8. The Balaban J connectivity index is 2.97. The van der Waals surface area contributed by atoms with Gasteiger partial charge in [0, 0.05) is 0 Å². The van der Waals surface area contributed by atoms with Crippen molar-refractivity contribution in [2.24, 2.45) is 0 Å². The summed E-state index contributed by atoms with van der Waals surface area (Å²) in [6, 6.07) is 0. The van der Waals surface area contributed by atoms with E-state index in [1.165, 1.54) is 103 Å². The van der Waals surface area contributed by atoms with Crippen molar-refractivity contribution in [2.75, 3.05) is 0 Å². The molecule has 0 fully saturated rings. The Labute approximate surface area is 148 Å². The molecule has 0 aliphatic heterocycles. The Morgan fingerprint density at radius 2 is 0.696 bits per heavy atom. The van der Waals surface area contributed by atoms with Crippen LogP contribution in [0.2, 0.25) is 0 Å². The van der Waals surface area contributed by atoms with Crippen LogP contribution in [0.3, 0.4) is 0 Å². The van der Waals surface area contributed by atoms with E-state index in [1.807, 2.05) is 0 Å². The molecule has 0 atom stereocenters. The van der Waals surface area contributed by atoms with Gasteiger partial charge in [-0.2, -0.15) is 0 Å². The van der Waals surface area contributed by atoms with Gasteiger partial charge in [0.25, 0.3) is 0 Å². The lowest BCUT2D eigenvalue weighted by molar-refractivity contribution is 0.531. The molecule has 0 amide bonds. The van der Waals surface area contributed by atoms with Crippen LogP contribution in [0.15, 0.2) is 12.2 Å². The molecule has 0 heteroatoms. The summed E-state index contributed by atoms with van der Waals surface area (Å²) in [4.78, 5) is 0. The lowest BCUT2D eigenvalue weighted by Crippen LogP contribution is -1.83. The molecule has 0 nitrogen and oxygen atoms in total. The maximum absolute atomic E-state index is 3.90. The van der Waals surface area contributed by atoms with Crippen molar-refractivity contribution in [1.82, 2.24) is 0 Å². The highest BCUT2D eigenvalue weighted by atomic mass is 14.0. The van der Waals surface area contributed by atoms with Crippen molar-refractivity contribution in [3.8, 4) is 0 Å². The number of unbranched alkanes of at least 4 members (excludes halogenated alkanes) is 17. The van der Waals surface area contributed by atoms with Crippen molar-refractivity contribution in [1.29, 1.82) is 0 Å². The first-order chi connectivity index (χ1) is 11.4. The van der Waals surface area contributed by atoms with Gasteiger partial charge >= 0.3 is 0 Å². The first-order valence-electron chi connectivity index (χ1n) is 10.6. The van der Waals surface area contributed by atoms with Crippen molar-refractivity contribution in [3.05, 3.63) is 26.0 Å². The molecule has 0 N–H and O–H groups in total. The summed E-state index contributed by atoms with van der Waals surface area (Å²) >= 11 is 0. The zero-order valence-electron chi connectivity index (χ0n) is 16.0. The van der Waals surface area contributed by atoms with Crippen molar-refractivity contribution in [2.45, 2.75) is 122 Å². The molecule has 0 saturated carbocycles. The van der Waals surface area contributed by atoms with Crippen molar-refractivity contribution in [3.63, 3.8) is 0 Å². The van der Waals surface area contributed by atoms with Crippen molar-refractivity contribution >= 4 is 0 Å². The summed E-state index contributed by atoms with van der Waals surface area (Å²) in [5.74, 6) is 0. The van der Waals surface area contributed by atoms with Gasteiger partial charge in [0.05, 0.1) is 0 Å². The molecular weight excluding hydrogens is 276 g/mol. The van der Waals surface area contributed by atoms with Gasteiger partial charge in [0.1, 0.15) is 0 Å². The van der Waals surface area contributed by atoms with Gasteiger partial charge in [-0.25, -0.2) is 0 Å². The minimum atomic E-state index is 1.04. The van der Waals surface area contributed by atoms with Crippen LogP contribution >= 0.6 is 0 Å². The smallest absolute Gasteiger partial charge is 0.0351 e. The van der Waals surface area contributed by atoms with Gasteiger partial charge in [-0.1, -0.05) is 122 Å². The fraction of sp³-hybridized carbons (Fsp3) is 0.826. The van der Waals surface area contributed by atoms with E-state index in [1.54, 1.807) is 0 Å². The van der Waals surface area contributed by atoms with E-state index >= 15 is 0 Å². The van der Waals surface area contributed by atoms with Gasteiger partial charge in [0.15, 0.2) is 0 Å². The van der Waals surface area contributed by atoms with Crippen LogP contribution in [0.4, 0.5) is 0 Å². The minimum absolute atomic E-state index is 1.04. The molecule has 0 bridgehead atoms. The van der Waals surface area contributed by atoms with Gasteiger partial charge < -0.3 is 0 Å². The summed E-state index contributed by atoms with van der Waals surface area (Å²) < 4.78 is 0. The Morgan fingerprint density at radius 3 is 1.09 bits per heavy atom. The molecule has 0 aromatic heterocycles. The molecule has 23 heavy (non-hydrogen) atoms. The van der Waals surface area contributed by atoms with Crippen LogP contribution in [-0.4, -0.2) is 0 Å². The largest absolute Gasteiger partial charge is 0.0885 e. The summed E-state index contributed by atoms with van der Waals surface area (Å²) in [7, 11) is 0. The standard InChI is InChI=1S/C23H44/c1-3-5-7-9-11-13-15-17-19-21-23-22-20-18-16-14-12-10-8-6-4-2/h7,9H,1-6,8,10-23H2/b9-7+. The SMILES string of the molecule is [CH2]CC/C=C/CCCCCCCCCCCCCCCCC[CH2].